The Balaban J connectivity index is 1.70. The summed E-state index contributed by atoms with van der Waals surface area (Å²) in [5.41, 5.74) is 2.59. The fourth-order valence-electron chi connectivity index (χ4n) is 3.50. The highest BCUT2D eigenvalue weighted by Gasteiger charge is 2.38. The highest BCUT2D eigenvalue weighted by molar-refractivity contribution is 5.88. The van der Waals surface area contributed by atoms with Gasteiger partial charge in [-0.15, -0.1) is 0 Å². The van der Waals surface area contributed by atoms with Crippen molar-refractivity contribution in [2.24, 2.45) is 0 Å². The molecule has 0 radical (unpaired) electrons. The quantitative estimate of drug-likeness (QED) is 0.841. The maximum absolute atomic E-state index is 12.8. The number of carbonyl (C=O) groups excluding carboxylic acids is 1. The first-order valence-electron chi connectivity index (χ1n) is 7.95. The van der Waals surface area contributed by atoms with Crippen LogP contribution in [0.3, 0.4) is 0 Å². The number of rotatable bonds is 4. The van der Waals surface area contributed by atoms with E-state index in [0.717, 1.165) is 45.4 Å². The molecule has 1 atom stereocenters. The van der Waals surface area contributed by atoms with E-state index >= 15 is 0 Å². The second-order valence-corrected chi connectivity index (χ2v) is 6.38. The number of para-hydroxylation sites is 1. The normalized spacial score (nSPS) is 21.5. The van der Waals surface area contributed by atoms with Crippen LogP contribution < -0.4 is 4.90 Å². The Kier molecular flexibility index (Phi) is 4.15. The predicted octanol–water partition coefficient (Wildman–Crippen LogP) is 1.60. The summed E-state index contributed by atoms with van der Waals surface area (Å²) in [6, 6.07) is 8.50. The van der Waals surface area contributed by atoms with Crippen molar-refractivity contribution in [2.45, 2.75) is 25.3 Å². The van der Waals surface area contributed by atoms with E-state index in [4.69, 9.17) is 0 Å². The second kappa shape index (κ2) is 6.06. The fourth-order valence-corrected chi connectivity index (χ4v) is 3.50. The molecule has 3 rings (SSSR count). The zero-order valence-electron chi connectivity index (χ0n) is 13.1. The highest BCUT2D eigenvalue weighted by Crippen LogP contribution is 2.34. The average molecular weight is 287 g/mol. The van der Waals surface area contributed by atoms with E-state index in [1.165, 1.54) is 11.3 Å². The van der Waals surface area contributed by atoms with Gasteiger partial charge >= 0.3 is 0 Å². The maximum atomic E-state index is 12.8. The summed E-state index contributed by atoms with van der Waals surface area (Å²) in [5, 5.41) is 0. The SMILES string of the molecule is CN(C)CCCN1CCCN2c3ccccc3CC2C1=O. The van der Waals surface area contributed by atoms with E-state index in [1.54, 1.807) is 0 Å². The van der Waals surface area contributed by atoms with Crippen molar-refractivity contribution in [2.75, 3.05) is 45.2 Å². The number of benzene rings is 1. The number of hydrogen-bond donors (Lipinski definition) is 0. The monoisotopic (exact) mass is 287 g/mol. The van der Waals surface area contributed by atoms with Gasteiger partial charge in [0, 0.05) is 31.7 Å². The summed E-state index contributed by atoms with van der Waals surface area (Å²) in [6.07, 6.45) is 3.00. The molecule has 1 fully saturated rings. The molecule has 0 aliphatic carbocycles. The first kappa shape index (κ1) is 14.4. The molecule has 21 heavy (non-hydrogen) atoms. The molecule has 1 saturated heterocycles. The summed E-state index contributed by atoms with van der Waals surface area (Å²) >= 11 is 0. The summed E-state index contributed by atoms with van der Waals surface area (Å²) in [4.78, 5) is 19.4. The third-order valence-corrected chi connectivity index (χ3v) is 4.55. The number of fused-ring (bicyclic) bond motifs is 3. The van der Waals surface area contributed by atoms with E-state index in [2.05, 4.69) is 53.1 Å². The number of carbonyl (C=O) groups is 1. The van der Waals surface area contributed by atoms with Crippen LogP contribution in [-0.2, 0) is 11.2 Å². The molecule has 4 nitrogen and oxygen atoms in total. The number of hydrogen-bond acceptors (Lipinski definition) is 3. The third-order valence-electron chi connectivity index (χ3n) is 4.55. The first-order valence-corrected chi connectivity index (χ1v) is 7.95. The molecular weight excluding hydrogens is 262 g/mol. The minimum atomic E-state index is 0.0317. The number of amides is 1. The van der Waals surface area contributed by atoms with E-state index in [-0.39, 0.29) is 6.04 Å². The van der Waals surface area contributed by atoms with Crippen molar-refractivity contribution >= 4 is 11.6 Å². The van der Waals surface area contributed by atoms with Gasteiger partial charge in [-0.1, -0.05) is 18.2 Å². The van der Waals surface area contributed by atoms with Crippen LogP contribution in [0.1, 0.15) is 18.4 Å². The number of nitrogens with zero attached hydrogens (tertiary/aromatic N) is 3. The Morgan fingerprint density at radius 2 is 2.05 bits per heavy atom. The Labute approximate surface area is 127 Å². The molecule has 2 aliphatic rings. The van der Waals surface area contributed by atoms with Crippen LogP contribution in [0.25, 0.3) is 0 Å². The lowest BCUT2D eigenvalue weighted by molar-refractivity contribution is -0.132. The zero-order chi connectivity index (χ0) is 14.8. The Morgan fingerprint density at radius 3 is 2.86 bits per heavy atom. The lowest BCUT2D eigenvalue weighted by Crippen LogP contribution is -2.45. The van der Waals surface area contributed by atoms with E-state index in [1.807, 2.05) is 0 Å². The van der Waals surface area contributed by atoms with Gasteiger partial charge in [0.2, 0.25) is 5.91 Å². The van der Waals surface area contributed by atoms with Gasteiger partial charge in [0.15, 0.2) is 0 Å². The largest absolute Gasteiger partial charge is 0.359 e. The second-order valence-electron chi connectivity index (χ2n) is 6.38. The predicted molar refractivity (Wildman–Crippen MR) is 85.6 cm³/mol. The molecule has 1 amide bonds. The lowest BCUT2D eigenvalue weighted by atomic mass is 10.1. The molecule has 1 aromatic rings. The molecule has 1 aromatic carbocycles. The molecule has 0 N–H and O–H groups in total. The fraction of sp³-hybridized carbons (Fsp3) is 0.588. The Morgan fingerprint density at radius 1 is 1.24 bits per heavy atom. The Bertz CT molecular complexity index is 515. The van der Waals surface area contributed by atoms with E-state index in [9.17, 15) is 4.79 Å². The van der Waals surface area contributed by atoms with Crippen molar-refractivity contribution in [1.29, 1.82) is 0 Å². The third kappa shape index (κ3) is 2.91. The van der Waals surface area contributed by atoms with Crippen LogP contribution in [0.5, 0.6) is 0 Å². The van der Waals surface area contributed by atoms with E-state index < -0.39 is 0 Å². The van der Waals surface area contributed by atoms with Crippen LogP contribution in [0.4, 0.5) is 5.69 Å². The van der Waals surface area contributed by atoms with Gasteiger partial charge in [0.25, 0.3) is 0 Å². The van der Waals surface area contributed by atoms with Gasteiger partial charge in [-0.3, -0.25) is 4.79 Å². The minimum absolute atomic E-state index is 0.0317. The topological polar surface area (TPSA) is 26.8 Å². The molecule has 2 heterocycles. The molecule has 114 valence electrons. The molecule has 2 aliphatic heterocycles. The molecule has 4 heteroatoms. The van der Waals surface area contributed by atoms with Crippen molar-refractivity contribution in [3.8, 4) is 0 Å². The molecule has 0 aromatic heterocycles. The maximum Gasteiger partial charge on any atom is 0.245 e. The first-order chi connectivity index (χ1) is 10.2. The summed E-state index contributed by atoms with van der Waals surface area (Å²) in [6.45, 7) is 3.83. The van der Waals surface area contributed by atoms with Gasteiger partial charge in [-0.05, 0) is 45.1 Å². The summed E-state index contributed by atoms with van der Waals surface area (Å²) < 4.78 is 0. The molecule has 0 bridgehead atoms. The van der Waals surface area contributed by atoms with Crippen molar-refractivity contribution in [3.05, 3.63) is 29.8 Å². The number of anilines is 1. The molecule has 0 spiro atoms. The molecular formula is C17H25N3O. The van der Waals surface area contributed by atoms with Crippen LogP contribution in [0.15, 0.2) is 24.3 Å². The van der Waals surface area contributed by atoms with Crippen LogP contribution in [0.2, 0.25) is 0 Å². The van der Waals surface area contributed by atoms with Crippen LogP contribution >= 0.6 is 0 Å². The van der Waals surface area contributed by atoms with E-state index in [0.29, 0.717) is 5.91 Å². The average Bonchev–Trinajstić information content (AvgIpc) is 2.76. The van der Waals surface area contributed by atoms with Crippen molar-refractivity contribution in [1.82, 2.24) is 9.80 Å². The standard InChI is InChI=1S/C17H25N3O/c1-18(2)9-5-10-19-11-6-12-20-15-8-4-3-7-14(15)13-16(20)17(19)21/h3-4,7-8,16H,5-6,9-13H2,1-2H3. The molecule has 1 unspecified atom stereocenters. The zero-order valence-corrected chi connectivity index (χ0v) is 13.1. The van der Waals surface area contributed by atoms with Gasteiger partial charge < -0.3 is 14.7 Å². The molecule has 0 saturated carbocycles. The summed E-state index contributed by atoms with van der Waals surface area (Å²) in [5.74, 6) is 0.322. The Hall–Kier alpha value is -1.55. The van der Waals surface area contributed by atoms with Gasteiger partial charge in [-0.2, -0.15) is 0 Å². The summed E-state index contributed by atoms with van der Waals surface area (Å²) in [7, 11) is 4.17. The van der Waals surface area contributed by atoms with Crippen molar-refractivity contribution in [3.63, 3.8) is 0 Å². The van der Waals surface area contributed by atoms with Gasteiger partial charge in [0.1, 0.15) is 6.04 Å². The minimum Gasteiger partial charge on any atom is -0.359 e. The lowest BCUT2D eigenvalue weighted by Gasteiger charge is -2.27. The smallest absolute Gasteiger partial charge is 0.245 e. The van der Waals surface area contributed by atoms with Gasteiger partial charge in [0.05, 0.1) is 0 Å². The van der Waals surface area contributed by atoms with Crippen LogP contribution in [-0.4, -0.2) is 62.0 Å². The highest BCUT2D eigenvalue weighted by atomic mass is 16.2. The van der Waals surface area contributed by atoms with Gasteiger partial charge in [-0.25, -0.2) is 0 Å². The van der Waals surface area contributed by atoms with Crippen LogP contribution in [0, 0.1) is 0 Å². The van der Waals surface area contributed by atoms with Crippen molar-refractivity contribution < 1.29 is 4.79 Å².